The van der Waals surface area contributed by atoms with Crippen LogP contribution in [0.15, 0.2) is 47.1 Å². The molecule has 3 rings (SSSR count). The molecule has 0 saturated heterocycles. The number of hydrogen-bond donors (Lipinski definition) is 1. The van der Waals surface area contributed by atoms with E-state index in [0.29, 0.717) is 33.7 Å². The third-order valence-electron chi connectivity index (χ3n) is 4.79. The van der Waals surface area contributed by atoms with Crippen molar-refractivity contribution in [2.24, 2.45) is 0 Å². The molecule has 34 heavy (non-hydrogen) atoms. The topological polar surface area (TPSA) is 113 Å². The molecule has 3 aromatic rings. The van der Waals surface area contributed by atoms with Crippen LogP contribution in [0, 0.1) is 13.8 Å². The van der Waals surface area contributed by atoms with Crippen LogP contribution in [0.2, 0.25) is 5.02 Å². The zero-order valence-corrected chi connectivity index (χ0v) is 19.9. The summed E-state index contributed by atoms with van der Waals surface area (Å²) in [6.07, 6.45) is 3.15. The minimum Gasteiger partial charge on any atom is -0.493 e. The van der Waals surface area contributed by atoms with Gasteiger partial charge in [-0.05, 0) is 56.7 Å². The Balaban J connectivity index is 1.56. The molecular weight excluding hydrogens is 462 g/mol. The molecule has 0 bridgehead atoms. The van der Waals surface area contributed by atoms with Gasteiger partial charge in [-0.2, -0.15) is 0 Å². The van der Waals surface area contributed by atoms with E-state index in [1.54, 1.807) is 36.4 Å². The van der Waals surface area contributed by atoms with Crippen LogP contribution < -0.4 is 14.8 Å². The van der Waals surface area contributed by atoms with Crippen molar-refractivity contribution in [3.8, 4) is 11.5 Å². The highest BCUT2D eigenvalue weighted by Gasteiger charge is 2.17. The van der Waals surface area contributed by atoms with Gasteiger partial charge >= 0.3 is 5.97 Å². The summed E-state index contributed by atoms with van der Waals surface area (Å²) in [5.74, 6) is 0.828. The number of amides is 1. The summed E-state index contributed by atoms with van der Waals surface area (Å²) in [6, 6.07) is 8.35. The number of hydrogen-bond acceptors (Lipinski definition) is 8. The number of esters is 1. The number of carbonyl (C=O) groups is 2. The Labute approximate surface area is 201 Å². The number of pyridine rings is 1. The van der Waals surface area contributed by atoms with Gasteiger partial charge in [0.2, 0.25) is 0 Å². The fraction of sp³-hybridized carbons (Fsp3) is 0.250. The molecule has 9 nitrogen and oxygen atoms in total. The van der Waals surface area contributed by atoms with E-state index in [-0.39, 0.29) is 6.61 Å². The summed E-state index contributed by atoms with van der Waals surface area (Å²) in [4.78, 5) is 28.3. The van der Waals surface area contributed by atoms with Crippen LogP contribution in [0.4, 0.5) is 5.82 Å². The van der Waals surface area contributed by atoms with Gasteiger partial charge in [0.05, 0.1) is 23.4 Å². The van der Waals surface area contributed by atoms with Crippen molar-refractivity contribution in [1.82, 2.24) is 10.1 Å². The molecule has 0 radical (unpaired) electrons. The van der Waals surface area contributed by atoms with Gasteiger partial charge in [0.15, 0.2) is 17.6 Å². The molecular formula is C24H24ClN3O6. The third-order valence-corrected chi connectivity index (χ3v) is 5.02. The van der Waals surface area contributed by atoms with Crippen molar-refractivity contribution >= 4 is 35.4 Å². The lowest BCUT2D eigenvalue weighted by atomic mass is 10.2. The van der Waals surface area contributed by atoms with Crippen molar-refractivity contribution in [2.45, 2.75) is 33.5 Å². The zero-order valence-electron chi connectivity index (χ0n) is 19.1. The van der Waals surface area contributed by atoms with Crippen molar-refractivity contribution < 1.29 is 28.3 Å². The molecule has 1 atom stereocenters. The molecule has 10 heteroatoms. The first-order valence-electron chi connectivity index (χ1n) is 10.3. The number of aryl methyl sites for hydroxylation is 2. The second-order valence-corrected chi connectivity index (χ2v) is 7.70. The van der Waals surface area contributed by atoms with Gasteiger partial charge in [-0.25, -0.2) is 9.78 Å². The highest BCUT2D eigenvalue weighted by Crippen LogP contribution is 2.30. The summed E-state index contributed by atoms with van der Waals surface area (Å²) in [5.41, 5.74) is 2.32. The van der Waals surface area contributed by atoms with Gasteiger partial charge in [0.25, 0.3) is 5.91 Å². The van der Waals surface area contributed by atoms with Crippen molar-refractivity contribution in [1.29, 1.82) is 0 Å². The Morgan fingerprint density at radius 2 is 2.00 bits per heavy atom. The number of anilines is 1. The molecule has 1 aromatic carbocycles. The SMILES string of the molecule is COc1cc(/C=C/C(=O)OC(C)C(=O)Nc2ccc(Cl)cn2)ccc1OCc1c(C)noc1C. The van der Waals surface area contributed by atoms with E-state index >= 15 is 0 Å². The molecule has 0 saturated carbocycles. The molecule has 1 N–H and O–H groups in total. The molecule has 1 unspecified atom stereocenters. The number of rotatable bonds is 9. The summed E-state index contributed by atoms with van der Waals surface area (Å²) in [7, 11) is 1.52. The van der Waals surface area contributed by atoms with Gasteiger partial charge in [0, 0.05) is 12.3 Å². The average molecular weight is 486 g/mol. The third kappa shape index (κ3) is 6.58. The Hall–Kier alpha value is -3.85. The van der Waals surface area contributed by atoms with Crippen LogP contribution in [0.25, 0.3) is 6.08 Å². The van der Waals surface area contributed by atoms with Gasteiger partial charge in [-0.3, -0.25) is 4.79 Å². The van der Waals surface area contributed by atoms with Crippen molar-refractivity contribution in [3.63, 3.8) is 0 Å². The van der Waals surface area contributed by atoms with Gasteiger partial charge in [-0.15, -0.1) is 0 Å². The minimum absolute atomic E-state index is 0.282. The monoisotopic (exact) mass is 485 g/mol. The highest BCUT2D eigenvalue weighted by atomic mass is 35.5. The smallest absolute Gasteiger partial charge is 0.331 e. The van der Waals surface area contributed by atoms with Crippen molar-refractivity contribution in [2.75, 3.05) is 12.4 Å². The normalized spacial score (nSPS) is 11.8. The maximum atomic E-state index is 12.2. The molecule has 0 fully saturated rings. The summed E-state index contributed by atoms with van der Waals surface area (Å²) in [6.45, 7) is 5.41. The highest BCUT2D eigenvalue weighted by molar-refractivity contribution is 6.30. The first-order chi connectivity index (χ1) is 16.3. The Morgan fingerprint density at radius 1 is 1.21 bits per heavy atom. The van der Waals surface area contributed by atoms with Crippen LogP contribution in [-0.2, 0) is 20.9 Å². The number of halogens is 1. The molecule has 178 valence electrons. The predicted octanol–water partition coefficient (Wildman–Crippen LogP) is 4.51. The van der Waals surface area contributed by atoms with Gasteiger partial charge < -0.3 is 24.1 Å². The zero-order chi connectivity index (χ0) is 24.7. The van der Waals surface area contributed by atoms with E-state index in [9.17, 15) is 9.59 Å². The standard InChI is InChI=1S/C24H24ClN3O6/c1-14-19(15(2)34-28-14)13-32-20-8-5-17(11-21(20)31-4)6-10-23(29)33-16(3)24(30)27-22-9-7-18(25)12-26-22/h5-12,16H,13H2,1-4H3,(H,26,27,30)/b10-6+. The number of aromatic nitrogens is 2. The van der Waals surface area contributed by atoms with E-state index in [0.717, 1.165) is 11.3 Å². The Kier molecular flexibility index (Phi) is 8.26. The lowest BCUT2D eigenvalue weighted by molar-refractivity contribution is -0.148. The molecule has 0 aliphatic rings. The fourth-order valence-electron chi connectivity index (χ4n) is 2.87. The van der Waals surface area contributed by atoms with Crippen LogP contribution in [0.3, 0.4) is 0 Å². The van der Waals surface area contributed by atoms with Gasteiger partial charge in [0.1, 0.15) is 18.2 Å². The molecule has 2 heterocycles. The summed E-state index contributed by atoms with van der Waals surface area (Å²) >= 11 is 5.77. The van der Waals surface area contributed by atoms with E-state index in [1.165, 1.54) is 26.3 Å². The first kappa shape index (κ1) is 24.8. The van der Waals surface area contributed by atoms with E-state index in [1.807, 2.05) is 13.8 Å². The van der Waals surface area contributed by atoms with Crippen molar-refractivity contribution in [3.05, 3.63) is 70.2 Å². The predicted molar refractivity (Wildman–Crippen MR) is 126 cm³/mol. The maximum absolute atomic E-state index is 12.2. The Bertz CT molecular complexity index is 1170. The average Bonchev–Trinajstić information content (AvgIpc) is 3.14. The second-order valence-electron chi connectivity index (χ2n) is 7.27. The molecule has 0 spiro atoms. The summed E-state index contributed by atoms with van der Waals surface area (Å²) in [5, 5.41) is 6.90. The van der Waals surface area contributed by atoms with Crippen LogP contribution in [0.5, 0.6) is 11.5 Å². The largest absolute Gasteiger partial charge is 0.493 e. The molecule has 1 amide bonds. The number of methoxy groups -OCH3 is 1. The van der Waals surface area contributed by atoms with Crippen LogP contribution >= 0.6 is 11.6 Å². The second kappa shape index (κ2) is 11.3. The lowest BCUT2D eigenvalue weighted by Crippen LogP contribution is -2.29. The van der Waals surface area contributed by atoms with Crippen LogP contribution in [0.1, 0.15) is 29.5 Å². The van der Waals surface area contributed by atoms with E-state index in [2.05, 4.69) is 15.5 Å². The first-order valence-corrected chi connectivity index (χ1v) is 10.7. The fourth-order valence-corrected chi connectivity index (χ4v) is 2.99. The van der Waals surface area contributed by atoms with E-state index < -0.39 is 18.0 Å². The minimum atomic E-state index is -1.02. The number of ether oxygens (including phenoxy) is 3. The number of nitrogens with one attached hydrogen (secondary N) is 1. The number of benzene rings is 1. The van der Waals surface area contributed by atoms with E-state index in [4.69, 9.17) is 30.3 Å². The molecule has 0 aliphatic heterocycles. The number of carbonyl (C=O) groups excluding carboxylic acids is 2. The summed E-state index contributed by atoms with van der Waals surface area (Å²) < 4.78 is 21.5. The number of nitrogens with zero attached hydrogens (tertiary/aromatic N) is 2. The Morgan fingerprint density at radius 3 is 2.65 bits per heavy atom. The maximum Gasteiger partial charge on any atom is 0.331 e. The molecule has 0 aliphatic carbocycles. The molecule has 2 aromatic heterocycles. The van der Waals surface area contributed by atoms with Crippen LogP contribution in [-0.4, -0.2) is 35.2 Å². The quantitative estimate of drug-likeness (QED) is 0.348. The van der Waals surface area contributed by atoms with Gasteiger partial charge in [-0.1, -0.05) is 22.8 Å². The lowest BCUT2D eigenvalue weighted by Gasteiger charge is -2.12.